The average Bonchev–Trinajstić information content (AvgIpc) is 3.35. The van der Waals surface area contributed by atoms with Crippen LogP contribution in [0.3, 0.4) is 0 Å². The summed E-state index contributed by atoms with van der Waals surface area (Å²) in [4.78, 5) is 26.0. The third-order valence-corrected chi connectivity index (χ3v) is 13.0. The molecule has 4 saturated carbocycles. The van der Waals surface area contributed by atoms with E-state index in [1.54, 1.807) is 19.1 Å². The lowest BCUT2D eigenvalue weighted by Gasteiger charge is -2.59. The predicted molar refractivity (Wildman–Crippen MR) is 124 cm³/mol. The van der Waals surface area contributed by atoms with Gasteiger partial charge in [0.25, 0.3) is 0 Å². The monoisotopic (exact) mass is 486 g/mol. The molecule has 7 nitrogen and oxygen atoms in total. The second kappa shape index (κ2) is 6.23. The number of carbonyl (C=O) groups is 2. The molecule has 0 aromatic rings. The predicted octanol–water partition coefficient (Wildman–Crippen LogP) is 2.30. The second-order valence-electron chi connectivity index (χ2n) is 13.9. The molecule has 2 bridgehead atoms. The van der Waals surface area contributed by atoms with Crippen LogP contribution in [0.2, 0.25) is 0 Å². The van der Waals surface area contributed by atoms with E-state index in [-0.39, 0.29) is 47.1 Å². The SMILES string of the molecule is C[C@@]12C[C@@H]([C@]3(O)CC[C@H]4[C@@H]5C[C@H]6O[C@]67[C@@H](O)C=CC(=O)[C@]7(C)[C@H]5CC[C@@]43C)[C@@H](C1)OC(=O)[C@]2(C)O. The Bertz CT molecular complexity index is 1070. The first-order valence-corrected chi connectivity index (χ1v) is 13.5. The van der Waals surface area contributed by atoms with Gasteiger partial charge in [-0.05, 0) is 94.1 Å². The van der Waals surface area contributed by atoms with Crippen molar-refractivity contribution in [3.63, 3.8) is 0 Å². The van der Waals surface area contributed by atoms with Crippen LogP contribution in [0.25, 0.3) is 0 Å². The number of hydrogen-bond donors (Lipinski definition) is 3. The van der Waals surface area contributed by atoms with Crippen molar-refractivity contribution < 1.29 is 34.4 Å². The summed E-state index contributed by atoms with van der Waals surface area (Å²) in [7, 11) is 0. The number of fused-ring (bicyclic) bond motifs is 6. The van der Waals surface area contributed by atoms with E-state index >= 15 is 0 Å². The molecule has 1 spiro atoms. The number of allylic oxidation sites excluding steroid dienone is 1. The van der Waals surface area contributed by atoms with Crippen LogP contribution in [-0.2, 0) is 19.1 Å². The lowest BCUT2D eigenvalue weighted by molar-refractivity contribution is -0.201. The number of aliphatic hydroxyl groups excluding tert-OH is 1. The highest BCUT2D eigenvalue weighted by atomic mass is 16.6. The molecule has 3 N–H and O–H groups in total. The highest BCUT2D eigenvalue weighted by Crippen LogP contribution is 2.74. The highest BCUT2D eigenvalue weighted by Gasteiger charge is 2.81. The van der Waals surface area contributed by atoms with E-state index in [1.807, 2.05) is 13.8 Å². The Morgan fingerprint density at radius 2 is 1.69 bits per heavy atom. The number of esters is 1. The van der Waals surface area contributed by atoms with Crippen LogP contribution in [0, 0.1) is 39.9 Å². The minimum atomic E-state index is -1.55. The molecule has 5 aliphatic carbocycles. The first-order valence-electron chi connectivity index (χ1n) is 13.5. The summed E-state index contributed by atoms with van der Waals surface area (Å²) in [5, 5.41) is 34.3. The molecule has 7 rings (SSSR count). The molecule has 0 aromatic heterocycles. The molecule has 0 amide bonds. The Labute approximate surface area is 206 Å². The lowest BCUT2D eigenvalue weighted by atomic mass is 9.44. The van der Waals surface area contributed by atoms with Crippen LogP contribution in [0.4, 0.5) is 0 Å². The van der Waals surface area contributed by atoms with Crippen molar-refractivity contribution in [1.82, 2.24) is 0 Å². The maximum Gasteiger partial charge on any atom is 0.338 e. The van der Waals surface area contributed by atoms with E-state index in [0.29, 0.717) is 19.3 Å². The number of rotatable bonds is 1. The average molecular weight is 487 g/mol. The van der Waals surface area contributed by atoms with Gasteiger partial charge < -0.3 is 24.8 Å². The fourth-order valence-corrected chi connectivity index (χ4v) is 10.6. The molecule has 7 heteroatoms. The molecule has 6 fully saturated rings. The van der Waals surface area contributed by atoms with Crippen molar-refractivity contribution in [2.24, 2.45) is 39.9 Å². The molecular formula is C28H38O7. The number of hydrogen-bond acceptors (Lipinski definition) is 7. The third kappa shape index (κ3) is 2.23. The zero-order valence-electron chi connectivity index (χ0n) is 21.1. The van der Waals surface area contributed by atoms with Crippen molar-refractivity contribution in [1.29, 1.82) is 0 Å². The number of carbonyl (C=O) groups excluding carboxylic acids is 2. The van der Waals surface area contributed by atoms with Crippen LogP contribution >= 0.6 is 0 Å². The zero-order valence-corrected chi connectivity index (χ0v) is 21.1. The minimum absolute atomic E-state index is 0.0588. The van der Waals surface area contributed by atoms with E-state index < -0.39 is 39.7 Å². The highest BCUT2D eigenvalue weighted by molar-refractivity contribution is 5.98. The van der Waals surface area contributed by atoms with Gasteiger partial charge in [-0.1, -0.05) is 13.8 Å². The number of aliphatic hydroxyl groups is 3. The van der Waals surface area contributed by atoms with Crippen LogP contribution in [0.15, 0.2) is 12.2 Å². The maximum atomic E-state index is 13.3. The van der Waals surface area contributed by atoms with E-state index in [2.05, 4.69) is 6.92 Å². The van der Waals surface area contributed by atoms with Gasteiger partial charge in [-0.3, -0.25) is 4.79 Å². The van der Waals surface area contributed by atoms with E-state index in [4.69, 9.17) is 9.47 Å². The third-order valence-electron chi connectivity index (χ3n) is 13.0. The van der Waals surface area contributed by atoms with Crippen LogP contribution in [-0.4, -0.2) is 62.2 Å². The zero-order chi connectivity index (χ0) is 25.0. The van der Waals surface area contributed by atoms with E-state index in [1.165, 1.54) is 0 Å². The van der Waals surface area contributed by atoms with Gasteiger partial charge in [0.05, 0.1) is 17.1 Å². The van der Waals surface area contributed by atoms with Gasteiger partial charge in [-0.25, -0.2) is 4.79 Å². The van der Waals surface area contributed by atoms with Crippen molar-refractivity contribution in [2.75, 3.05) is 0 Å². The van der Waals surface area contributed by atoms with Crippen molar-refractivity contribution in [3.05, 3.63) is 12.2 Å². The fourth-order valence-electron chi connectivity index (χ4n) is 10.6. The van der Waals surface area contributed by atoms with Gasteiger partial charge in [0.2, 0.25) is 0 Å². The Kier molecular flexibility index (Phi) is 4.07. The van der Waals surface area contributed by atoms with Gasteiger partial charge in [0, 0.05) is 11.3 Å². The summed E-state index contributed by atoms with van der Waals surface area (Å²) in [5.41, 5.74) is -5.08. The van der Waals surface area contributed by atoms with Gasteiger partial charge in [-0.15, -0.1) is 0 Å². The molecule has 7 aliphatic rings. The van der Waals surface area contributed by atoms with Crippen LogP contribution in [0.1, 0.15) is 72.6 Å². The first-order chi connectivity index (χ1) is 16.3. The molecule has 2 heterocycles. The van der Waals surface area contributed by atoms with Gasteiger partial charge in [-0.2, -0.15) is 0 Å². The van der Waals surface area contributed by atoms with Crippen molar-refractivity contribution >= 4 is 11.8 Å². The Morgan fingerprint density at radius 1 is 0.971 bits per heavy atom. The maximum absolute atomic E-state index is 13.3. The Morgan fingerprint density at radius 3 is 2.43 bits per heavy atom. The topological polar surface area (TPSA) is 117 Å². The summed E-state index contributed by atoms with van der Waals surface area (Å²) in [6.07, 6.45) is 6.90. The molecule has 0 aromatic carbocycles. The molecule has 0 unspecified atom stereocenters. The largest absolute Gasteiger partial charge is 0.460 e. The van der Waals surface area contributed by atoms with Gasteiger partial charge >= 0.3 is 5.97 Å². The van der Waals surface area contributed by atoms with Crippen LogP contribution in [0.5, 0.6) is 0 Å². The first kappa shape index (κ1) is 22.9. The molecule has 0 radical (unpaired) electrons. The smallest absolute Gasteiger partial charge is 0.338 e. The summed E-state index contributed by atoms with van der Waals surface area (Å²) in [6.45, 7) is 7.72. The normalized spacial score (nSPS) is 64.1. The van der Waals surface area contributed by atoms with Crippen LogP contribution < -0.4 is 0 Å². The lowest BCUT2D eigenvalue weighted by Crippen LogP contribution is -2.65. The molecule has 13 atom stereocenters. The number of ether oxygens (including phenoxy) is 2. The Balaban J connectivity index is 1.24. The summed E-state index contributed by atoms with van der Waals surface area (Å²) in [6, 6.07) is 0. The van der Waals surface area contributed by atoms with E-state index in [0.717, 1.165) is 25.7 Å². The van der Waals surface area contributed by atoms with E-state index in [9.17, 15) is 24.9 Å². The van der Waals surface area contributed by atoms with Gasteiger partial charge in [0.15, 0.2) is 11.4 Å². The molecule has 2 saturated heterocycles. The standard InChI is InChI=1S/C28H38O7/c1-23-12-17(18(13-23)34-22(31)26(23,4)32)27(33)10-8-15-14-11-21-28(35-21)20(30)6-5-19(29)25(28,3)16(14)7-9-24(15,27)2/h5-6,14-18,20-21,30,32-33H,7-13H2,1-4H3/t14-,15-,16-,17+,18+,20-,21+,23+,24-,25-,26-,27+,28+/m0/s1. The summed E-state index contributed by atoms with van der Waals surface area (Å²) in [5.74, 6) is -0.163. The molecular weight excluding hydrogens is 448 g/mol. The second-order valence-corrected chi connectivity index (χ2v) is 13.9. The molecule has 35 heavy (non-hydrogen) atoms. The number of ketones is 1. The van der Waals surface area contributed by atoms with Gasteiger partial charge in [0.1, 0.15) is 17.8 Å². The van der Waals surface area contributed by atoms with Crippen molar-refractivity contribution in [2.45, 2.75) is 108 Å². The summed E-state index contributed by atoms with van der Waals surface area (Å²) >= 11 is 0. The summed E-state index contributed by atoms with van der Waals surface area (Å²) < 4.78 is 12.0. The Hall–Kier alpha value is -1.28. The molecule has 192 valence electrons. The van der Waals surface area contributed by atoms with Crippen molar-refractivity contribution in [3.8, 4) is 0 Å². The number of epoxide rings is 1. The fraction of sp³-hybridized carbons (Fsp3) is 0.857. The minimum Gasteiger partial charge on any atom is -0.460 e. The quantitative estimate of drug-likeness (QED) is 0.385. The molecule has 2 aliphatic heterocycles.